The van der Waals surface area contributed by atoms with E-state index in [0.717, 1.165) is 17.5 Å². The Balaban J connectivity index is 1.96. The van der Waals surface area contributed by atoms with Gasteiger partial charge in [0.2, 0.25) is 11.8 Å². The molecular formula is C31H36Cl2N2O2. The molecule has 0 radical (unpaired) electrons. The Morgan fingerprint density at radius 1 is 0.838 bits per heavy atom. The van der Waals surface area contributed by atoms with E-state index in [2.05, 4.69) is 36.5 Å². The van der Waals surface area contributed by atoms with Gasteiger partial charge in [0.15, 0.2) is 0 Å². The van der Waals surface area contributed by atoms with Gasteiger partial charge in [-0.1, -0.05) is 90.8 Å². The van der Waals surface area contributed by atoms with E-state index < -0.39 is 11.6 Å². The van der Waals surface area contributed by atoms with Gasteiger partial charge in [-0.05, 0) is 62.4 Å². The molecule has 0 fully saturated rings. The van der Waals surface area contributed by atoms with Crippen molar-refractivity contribution in [2.75, 3.05) is 0 Å². The van der Waals surface area contributed by atoms with Gasteiger partial charge in [0.25, 0.3) is 0 Å². The van der Waals surface area contributed by atoms with Gasteiger partial charge in [-0.15, -0.1) is 0 Å². The van der Waals surface area contributed by atoms with Crippen LogP contribution in [0.3, 0.4) is 0 Å². The van der Waals surface area contributed by atoms with E-state index in [9.17, 15) is 9.59 Å². The number of halogens is 2. The maximum atomic E-state index is 13.8. The lowest BCUT2D eigenvalue weighted by atomic mass is 9.99. The van der Waals surface area contributed by atoms with Crippen molar-refractivity contribution >= 4 is 35.0 Å². The van der Waals surface area contributed by atoms with Crippen LogP contribution >= 0.6 is 23.2 Å². The summed E-state index contributed by atoms with van der Waals surface area (Å²) < 4.78 is 0. The van der Waals surface area contributed by atoms with Crippen LogP contribution in [0.5, 0.6) is 0 Å². The topological polar surface area (TPSA) is 49.4 Å². The van der Waals surface area contributed by atoms with E-state index in [4.69, 9.17) is 23.2 Å². The molecular weight excluding hydrogens is 503 g/mol. The van der Waals surface area contributed by atoms with Crippen LogP contribution in [-0.2, 0) is 35.4 Å². The summed E-state index contributed by atoms with van der Waals surface area (Å²) in [6, 6.07) is 22.6. The van der Waals surface area contributed by atoms with Crippen molar-refractivity contribution in [3.8, 4) is 0 Å². The van der Waals surface area contributed by atoms with Crippen molar-refractivity contribution < 1.29 is 9.59 Å². The Kier molecular flexibility index (Phi) is 10.2. The van der Waals surface area contributed by atoms with Crippen LogP contribution < -0.4 is 5.32 Å². The lowest BCUT2D eigenvalue weighted by molar-refractivity contribution is -0.141. The number of carbonyl (C=O) groups excluding carboxylic acids is 2. The SMILES string of the molecule is CCc1ccc(CCC(=O)N(Cc2c(Cl)cccc2Cl)[C@H](Cc2ccccc2)C(=O)NC(C)(C)C)cc1. The molecule has 1 atom stereocenters. The first kappa shape index (κ1) is 28.7. The molecule has 4 nitrogen and oxygen atoms in total. The molecule has 0 aliphatic heterocycles. The zero-order chi connectivity index (χ0) is 27.0. The Labute approximate surface area is 231 Å². The van der Waals surface area contributed by atoms with Crippen molar-refractivity contribution in [3.63, 3.8) is 0 Å². The van der Waals surface area contributed by atoms with Gasteiger partial charge in [-0.2, -0.15) is 0 Å². The summed E-state index contributed by atoms with van der Waals surface area (Å²) in [5.41, 5.74) is 3.49. The third kappa shape index (κ3) is 8.62. The number of nitrogens with zero attached hydrogens (tertiary/aromatic N) is 1. The third-order valence-electron chi connectivity index (χ3n) is 6.22. The molecule has 0 heterocycles. The highest BCUT2D eigenvalue weighted by atomic mass is 35.5. The summed E-state index contributed by atoms with van der Waals surface area (Å²) in [6.45, 7) is 8.05. The molecule has 0 bridgehead atoms. The number of carbonyl (C=O) groups is 2. The van der Waals surface area contributed by atoms with Crippen LogP contribution in [0.25, 0.3) is 0 Å². The maximum absolute atomic E-state index is 13.8. The Morgan fingerprint density at radius 2 is 1.43 bits per heavy atom. The van der Waals surface area contributed by atoms with E-state index in [1.807, 2.05) is 51.1 Å². The highest BCUT2D eigenvalue weighted by Crippen LogP contribution is 2.28. The summed E-state index contributed by atoms with van der Waals surface area (Å²) in [5, 5.41) is 4.01. The predicted molar refractivity (Wildman–Crippen MR) is 153 cm³/mol. The first-order valence-corrected chi connectivity index (χ1v) is 13.5. The fourth-order valence-electron chi connectivity index (χ4n) is 4.20. The Bertz CT molecular complexity index is 1170. The van der Waals surface area contributed by atoms with E-state index >= 15 is 0 Å². The molecule has 0 aliphatic carbocycles. The van der Waals surface area contributed by atoms with Gasteiger partial charge in [0.1, 0.15) is 6.04 Å². The Hall–Kier alpha value is -2.82. The molecule has 3 aromatic rings. The summed E-state index contributed by atoms with van der Waals surface area (Å²) in [7, 11) is 0. The molecule has 196 valence electrons. The fraction of sp³-hybridized carbons (Fsp3) is 0.355. The zero-order valence-corrected chi connectivity index (χ0v) is 23.6. The number of hydrogen-bond donors (Lipinski definition) is 1. The average Bonchev–Trinajstić information content (AvgIpc) is 2.86. The van der Waals surface area contributed by atoms with Crippen LogP contribution in [0.4, 0.5) is 0 Å². The van der Waals surface area contributed by atoms with Gasteiger partial charge in [0.05, 0.1) is 0 Å². The number of nitrogens with one attached hydrogen (secondary N) is 1. The molecule has 0 aromatic heterocycles. The zero-order valence-electron chi connectivity index (χ0n) is 22.1. The van der Waals surface area contributed by atoms with Gasteiger partial charge in [-0.3, -0.25) is 9.59 Å². The van der Waals surface area contributed by atoms with E-state index in [1.54, 1.807) is 23.1 Å². The minimum absolute atomic E-state index is 0.124. The quantitative estimate of drug-likeness (QED) is 0.300. The molecule has 1 N–H and O–H groups in total. The van der Waals surface area contributed by atoms with Crippen molar-refractivity contribution in [2.24, 2.45) is 0 Å². The number of amides is 2. The number of benzene rings is 3. The molecule has 0 saturated heterocycles. The summed E-state index contributed by atoms with van der Waals surface area (Å²) in [6.07, 6.45) is 2.19. The van der Waals surface area contributed by atoms with Crippen molar-refractivity contribution in [1.29, 1.82) is 0 Å². The highest BCUT2D eigenvalue weighted by molar-refractivity contribution is 6.36. The molecule has 0 saturated carbocycles. The van der Waals surface area contributed by atoms with Crippen LogP contribution in [0, 0.1) is 0 Å². The Morgan fingerprint density at radius 3 is 2.00 bits per heavy atom. The molecule has 0 spiro atoms. The third-order valence-corrected chi connectivity index (χ3v) is 6.93. The van der Waals surface area contributed by atoms with Crippen LogP contribution in [-0.4, -0.2) is 28.3 Å². The fourth-order valence-corrected chi connectivity index (χ4v) is 4.71. The first-order chi connectivity index (χ1) is 17.6. The maximum Gasteiger partial charge on any atom is 0.243 e. The normalized spacial score (nSPS) is 12.2. The molecule has 6 heteroatoms. The van der Waals surface area contributed by atoms with Crippen molar-refractivity contribution in [1.82, 2.24) is 10.2 Å². The largest absolute Gasteiger partial charge is 0.350 e. The second-order valence-electron chi connectivity index (χ2n) is 10.3. The van der Waals surface area contributed by atoms with Crippen molar-refractivity contribution in [2.45, 2.75) is 71.5 Å². The van der Waals surface area contributed by atoms with Crippen LogP contribution in [0.2, 0.25) is 10.0 Å². The minimum Gasteiger partial charge on any atom is -0.350 e. The molecule has 3 aromatic carbocycles. The molecule has 0 unspecified atom stereocenters. The van der Waals surface area contributed by atoms with Crippen molar-refractivity contribution in [3.05, 3.63) is 105 Å². The van der Waals surface area contributed by atoms with Gasteiger partial charge in [0, 0.05) is 40.5 Å². The van der Waals surface area contributed by atoms with Gasteiger partial charge >= 0.3 is 0 Å². The smallest absolute Gasteiger partial charge is 0.243 e. The van der Waals surface area contributed by atoms with E-state index in [0.29, 0.717) is 28.5 Å². The summed E-state index contributed by atoms with van der Waals surface area (Å²) >= 11 is 13.0. The molecule has 2 amide bonds. The van der Waals surface area contributed by atoms with Crippen LogP contribution in [0.15, 0.2) is 72.8 Å². The number of hydrogen-bond acceptors (Lipinski definition) is 2. The van der Waals surface area contributed by atoms with E-state index in [1.165, 1.54) is 5.56 Å². The molecule has 3 rings (SSSR count). The monoisotopic (exact) mass is 538 g/mol. The number of rotatable bonds is 10. The minimum atomic E-state index is -0.732. The molecule has 37 heavy (non-hydrogen) atoms. The number of aryl methyl sites for hydroxylation is 2. The van der Waals surface area contributed by atoms with Gasteiger partial charge < -0.3 is 10.2 Å². The lowest BCUT2D eigenvalue weighted by Gasteiger charge is -2.34. The standard InChI is InChI=1S/C31H36Cl2N2O2/c1-5-22-14-16-23(17-15-22)18-19-29(36)35(21-25-26(32)12-9-13-27(25)33)28(30(37)34-31(2,3)4)20-24-10-7-6-8-11-24/h6-17,28H,5,18-21H2,1-4H3,(H,34,37)/t28-/m1/s1. The summed E-state index contributed by atoms with van der Waals surface area (Å²) in [4.78, 5) is 29.1. The first-order valence-electron chi connectivity index (χ1n) is 12.7. The average molecular weight is 540 g/mol. The van der Waals surface area contributed by atoms with Crippen LogP contribution in [0.1, 0.15) is 56.4 Å². The lowest BCUT2D eigenvalue weighted by Crippen LogP contribution is -2.54. The second kappa shape index (κ2) is 13.1. The summed E-state index contributed by atoms with van der Waals surface area (Å²) in [5.74, 6) is -0.333. The predicted octanol–water partition coefficient (Wildman–Crippen LogP) is 7.04. The highest BCUT2D eigenvalue weighted by Gasteiger charge is 2.32. The van der Waals surface area contributed by atoms with E-state index in [-0.39, 0.29) is 24.8 Å². The molecule has 0 aliphatic rings. The second-order valence-corrected chi connectivity index (χ2v) is 11.2. The van der Waals surface area contributed by atoms with Gasteiger partial charge in [-0.25, -0.2) is 0 Å².